The average Bonchev–Trinajstić information content (AvgIpc) is 2.47. The van der Waals surface area contributed by atoms with Crippen LogP contribution in [0.3, 0.4) is 0 Å². The van der Waals surface area contributed by atoms with Gasteiger partial charge in [0.25, 0.3) is 0 Å². The summed E-state index contributed by atoms with van der Waals surface area (Å²) in [6.45, 7) is 1.83. The van der Waals surface area contributed by atoms with E-state index in [0.29, 0.717) is 5.03 Å². The highest BCUT2D eigenvalue weighted by atomic mass is 32.2. The molecular formula is C13H15N3OS. The fourth-order valence-corrected chi connectivity index (χ4v) is 3.55. The van der Waals surface area contributed by atoms with E-state index in [1.54, 1.807) is 6.20 Å². The Morgan fingerprint density at radius 2 is 2.11 bits per heavy atom. The lowest BCUT2D eigenvalue weighted by Crippen LogP contribution is -2.36. The topological polar surface area (TPSA) is 54.9 Å². The van der Waals surface area contributed by atoms with Gasteiger partial charge < -0.3 is 5.32 Å². The summed E-state index contributed by atoms with van der Waals surface area (Å²) in [5, 5.41) is 4.04. The zero-order valence-electron chi connectivity index (χ0n) is 10.0. The normalized spacial score (nSPS) is 21.9. The van der Waals surface area contributed by atoms with Crippen LogP contribution in [-0.4, -0.2) is 32.5 Å². The second kappa shape index (κ2) is 5.12. The molecule has 1 fully saturated rings. The van der Waals surface area contributed by atoms with E-state index in [9.17, 15) is 4.21 Å². The molecule has 1 aliphatic rings. The molecule has 1 saturated heterocycles. The van der Waals surface area contributed by atoms with Gasteiger partial charge in [0.15, 0.2) is 0 Å². The zero-order valence-corrected chi connectivity index (χ0v) is 10.8. The fraction of sp³-hybridized carbons (Fsp3) is 0.385. The standard InChI is InChI=1S/C13H15N3OS/c17-18(10-4-3-7-14-8-10)13-9-15-11-5-1-2-6-12(11)16-13/h1-2,5-6,9-10,14H,3-4,7-8H2. The third-order valence-electron chi connectivity index (χ3n) is 3.19. The molecular weight excluding hydrogens is 246 g/mol. The molecule has 18 heavy (non-hydrogen) atoms. The van der Waals surface area contributed by atoms with Crippen LogP contribution in [0.5, 0.6) is 0 Å². The van der Waals surface area contributed by atoms with Gasteiger partial charge in [-0.25, -0.2) is 4.98 Å². The van der Waals surface area contributed by atoms with Crippen LogP contribution in [0.1, 0.15) is 12.8 Å². The Morgan fingerprint density at radius 1 is 1.28 bits per heavy atom. The highest BCUT2D eigenvalue weighted by Gasteiger charge is 2.22. The fourth-order valence-electron chi connectivity index (χ4n) is 2.21. The minimum atomic E-state index is -1.06. The van der Waals surface area contributed by atoms with Crippen LogP contribution in [0, 0.1) is 0 Å². The number of aromatic nitrogens is 2. The summed E-state index contributed by atoms with van der Waals surface area (Å²) in [5.41, 5.74) is 1.66. The van der Waals surface area contributed by atoms with Crippen molar-refractivity contribution in [3.05, 3.63) is 30.5 Å². The number of nitrogens with one attached hydrogen (secondary N) is 1. The van der Waals surface area contributed by atoms with Crippen molar-refractivity contribution < 1.29 is 4.21 Å². The molecule has 2 unspecified atom stereocenters. The Bertz CT molecular complexity index is 581. The first-order chi connectivity index (χ1) is 8.84. The summed E-state index contributed by atoms with van der Waals surface area (Å²) in [5.74, 6) is 0. The average molecular weight is 261 g/mol. The second-order valence-corrected chi connectivity index (χ2v) is 6.14. The van der Waals surface area contributed by atoms with Crippen molar-refractivity contribution in [1.82, 2.24) is 15.3 Å². The van der Waals surface area contributed by atoms with Gasteiger partial charge in [0, 0.05) is 6.54 Å². The molecule has 1 N–H and O–H groups in total. The molecule has 5 heteroatoms. The van der Waals surface area contributed by atoms with Crippen molar-refractivity contribution in [3.63, 3.8) is 0 Å². The largest absolute Gasteiger partial charge is 0.316 e. The molecule has 0 bridgehead atoms. The molecule has 0 saturated carbocycles. The number of piperidine rings is 1. The first-order valence-corrected chi connectivity index (χ1v) is 7.39. The van der Waals surface area contributed by atoms with Gasteiger partial charge >= 0.3 is 0 Å². The summed E-state index contributed by atoms with van der Waals surface area (Å²) in [7, 11) is -1.06. The molecule has 1 aliphatic heterocycles. The Labute approximate surface area is 108 Å². The van der Waals surface area contributed by atoms with Crippen molar-refractivity contribution in [3.8, 4) is 0 Å². The number of para-hydroxylation sites is 2. The van der Waals surface area contributed by atoms with E-state index in [2.05, 4.69) is 15.3 Å². The molecule has 2 heterocycles. The van der Waals surface area contributed by atoms with Crippen molar-refractivity contribution in [2.75, 3.05) is 13.1 Å². The van der Waals surface area contributed by atoms with Gasteiger partial charge in [0.1, 0.15) is 5.03 Å². The van der Waals surface area contributed by atoms with E-state index in [-0.39, 0.29) is 5.25 Å². The third kappa shape index (κ3) is 2.28. The summed E-state index contributed by atoms with van der Waals surface area (Å²) < 4.78 is 12.4. The summed E-state index contributed by atoms with van der Waals surface area (Å²) in [4.78, 5) is 8.78. The number of nitrogens with zero attached hydrogens (tertiary/aromatic N) is 2. The number of rotatable bonds is 2. The maximum atomic E-state index is 12.4. The quantitative estimate of drug-likeness (QED) is 0.890. The van der Waals surface area contributed by atoms with Crippen molar-refractivity contribution in [2.45, 2.75) is 23.1 Å². The first-order valence-electron chi connectivity index (χ1n) is 6.18. The van der Waals surface area contributed by atoms with Gasteiger partial charge in [-0.1, -0.05) is 12.1 Å². The summed E-state index contributed by atoms with van der Waals surface area (Å²) in [6, 6.07) is 7.67. The predicted octanol–water partition coefficient (Wildman–Crippen LogP) is 1.49. The van der Waals surface area contributed by atoms with E-state index in [1.807, 2.05) is 24.3 Å². The minimum absolute atomic E-state index is 0.161. The molecule has 1 aromatic carbocycles. The van der Waals surface area contributed by atoms with Crippen LogP contribution in [-0.2, 0) is 10.8 Å². The van der Waals surface area contributed by atoms with Gasteiger partial charge in [0.05, 0.1) is 33.3 Å². The summed E-state index contributed by atoms with van der Waals surface area (Å²) in [6.07, 6.45) is 3.72. The lowest BCUT2D eigenvalue weighted by molar-refractivity contribution is 0.519. The van der Waals surface area contributed by atoms with Gasteiger partial charge in [-0.3, -0.25) is 9.19 Å². The van der Waals surface area contributed by atoms with E-state index in [1.165, 1.54) is 0 Å². The van der Waals surface area contributed by atoms with E-state index in [0.717, 1.165) is 37.0 Å². The van der Waals surface area contributed by atoms with E-state index >= 15 is 0 Å². The SMILES string of the molecule is O=S(c1cnc2ccccc2n1)C1CCCNC1. The number of fused-ring (bicyclic) bond motifs is 1. The van der Waals surface area contributed by atoms with Crippen LogP contribution >= 0.6 is 0 Å². The highest BCUT2D eigenvalue weighted by molar-refractivity contribution is 7.85. The first kappa shape index (κ1) is 11.7. The van der Waals surface area contributed by atoms with Crippen molar-refractivity contribution >= 4 is 21.8 Å². The van der Waals surface area contributed by atoms with E-state index in [4.69, 9.17) is 0 Å². The molecule has 0 spiro atoms. The smallest absolute Gasteiger partial charge is 0.146 e. The van der Waals surface area contributed by atoms with Crippen molar-refractivity contribution in [1.29, 1.82) is 0 Å². The predicted molar refractivity (Wildman–Crippen MR) is 71.8 cm³/mol. The van der Waals surface area contributed by atoms with Crippen LogP contribution in [0.25, 0.3) is 11.0 Å². The van der Waals surface area contributed by atoms with Crippen LogP contribution in [0.2, 0.25) is 0 Å². The molecule has 1 aromatic heterocycles. The Hall–Kier alpha value is -1.33. The van der Waals surface area contributed by atoms with Gasteiger partial charge in [-0.05, 0) is 31.5 Å². The Kier molecular flexibility index (Phi) is 3.34. The molecule has 4 nitrogen and oxygen atoms in total. The minimum Gasteiger partial charge on any atom is -0.316 e. The van der Waals surface area contributed by atoms with Crippen LogP contribution < -0.4 is 5.32 Å². The van der Waals surface area contributed by atoms with Gasteiger partial charge in [-0.15, -0.1) is 0 Å². The number of hydrogen-bond donors (Lipinski definition) is 1. The van der Waals surface area contributed by atoms with Gasteiger partial charge in [0.2, 0.25) is 0 Å². The van der Waals surface area contributed by atoms with Crippen molar-refractivity contribution in [2.24, 2.45) is 0 Å². The molecule has 3 rings (SSSR count). The number of hydrogen-bond acceptors (Lipinski definition) is 4. The van der Waals surface area contributed by atoms with E-state index < -0.39 is 10.8 Å². The van der Waals surface area contributed by atoms with Gasteiger partial charge in [-0.2, -0.15) is 0 Å². The molecule has 0 amide bonds. The third-order valence-corrected chi connectivity index (χ3v) is 4.80. The van der Waals surface area contributed by atoms with Crippen LogP contribution in [0.15, 0.2) is 35.5 Å². The second-order valence-electron chi connectivity index (χ2n) is 4.46. The Morgan fingerprint density at radius 3 is 2.89 bits per heavy atom. The lowest BCUT2D eigenvalue weighted by atomic mass is 10.2. The van der Waals surface area contributed by atoms with Crippen LogP contribution in [0.4, 0.5) is 0 Å². The maximum absolute atomic E-state index is 12.4. The zero-order chi connectivity index (χ0) is 12.4. The Balaban J connectivity index is 1.91. The number of benzene rings is 1. The molecule has 2 atom stereocenters. The maximum Gasteiger partial charge on any atom is 0.146 e. The molecule has 94 valence electrons. The molecule has 2 aromatic rings. The lowest BCUT2D eigenvalue weighted by Gasteiger charge is -2.21. The summed E-state index contributed by atoms with van der Waals surface area (Å²) >= 11 is 0. The molecule has 0 radical (unpaired) electrons. The highest BCUT2D eigenvalue weighted by Crippen LogP contribution is 2.17. The molecule has 0 aliphatic carbocycles. The monoisotopic (exact) mass is 261 g/mol.